The van der Waals surface area contributed by atoms with E-state index in [1.807, 2.05) is 37.3 Å². The van der Waals surface area contributed by atoms with Crippen molar-refractivity contribution in [2.45, 2.75) is 32.6 Å². The van der Waals surface area contributed by atoms with Crippen LogP contribution in [0.5, 0.6) is 0 Å². The van der Waals surface area contributed by atoms with E-state index in [-0.39, 0.29) is 30.5 Å². The molecule has 1 aromatic heterocycles. The minimum Gasteiger partial charge on any atom is -0.302 e. The van der Waals surface area contributed by atoms with Crippen LogP contribution in [0.25, 0.3) is 0 Å². The molecule has 4 rings (SSSR count). The Hall–Kier alpha value is -3.39. The summed E-state index contributed by atoms with van der Waals surface area (Å²) in [6.07, 6.45) is 1.48. The topological polar surface area (TPSA) is 74.7 Å². The van der Waals surface area contributed by atoms with Crippen molar-refractivity contribution in [3.05, 3.63) is 82.1 Å². The second kappa shape index (κ2) is 9.82. The number of amides is 2. The van der Waals surface area contributed by atoms with E-state index in [0.29, 0.717) is 24.5 Å². The summed E-state index contributed by atoms with van der Waals surface area (Å²) in [5.74, 6) is -0.696. The van der Waals surface area contributed by atoms with Crippen molar-refractivity contribution < 1.29 is 14.0 Å². The van der Waals surface area contributed by atoms with Gasteiger partial charge in [-0.3, -0.25) is 9.59 Å². The van der Waals surface area contributed by atoms with Crippen molar-refractivity contribution in [2.24, 2.45) is 5.10 Å². The van der Waals surface area contributed by atoms with Gasteiger partial charge in [0.2, 0.25) is 11.8 Å². The molecule has 3 aromatic rings. The quantitative estimate of drug-likeness (QED) is 0.574. The molecule has 0 aliphatic carbocycles. The van der Waals surface area contributed by atoms with Crippen molar-refractivity contribution in [1.29, 1.82) is 0 Å². The highest BCUT2D eigenvalue weighted by Gasteiger charge is 2.22. The van der Waals surface area contributed by atoms with Gasteiger partial charge in [0.15, 0.2) is 5.13 Å². The molecule has 8 heteroatoms. The van der Waals surface area contributed by atoms with Crippen LogP contribution in [-0.4, -0.2) is 34.1 Å². The summed E-state index contributed by atoms with van der Waals surface area (Å²) >= 11 is 1.39. The van der Waals surface area contributed by atoms with Crippen molar-refractivity contribution >= 4 is 34.0 Å². The van der Waals surface area contributed by atoms with Gasteiger partial charge >= 0.3 is 0 Å². The Morgan fingerprint density at radius 2 is 1.84 bits per heavy atom. The fourth-order valence-electron chi connectivity index (χ4n) is 3.44. The first kappa shape index (κ1) is 21.8. The van der Waals surface area contributed by atoms with Crippen LogP contribution in [0.3, 0.4) is 0 Å². The molecule has 0 saturated carbocycles. The molecule has 1 N–H and O–H groups in total. The van der Waals surface area contributed by atoms with Crippen molar-refractivity contribution in [3.63, 3.8) is 0 Å². The molecule has 0 atom stereocenters. The molecule has 1 aliphatic heterocycles. The zero-order chi connectivity index (χ0) is 22.5. The van der Waals surface area contributed by atoms with Gasteiger partial charge in [-0.25, -0.2) is 14.4 Å². The van der Waals surface area contributed by atoms with Crippen LogP contribution in [0.4, 0.5) is 9.52 Å². The van der Waals surface area contributed by atoms with Crippen LogP contribution in [0.2, 0.25) is 0 Å². The average Bonchev–Trinajstić information content (AvgIpc) is 3.41. The molecular weight excluding hydrogens is 427 g/mol. The molecule has 0 spiro atoms. The Labute approximate surface area is 189 Å². The third kappa shape index (κ3) is 5.45. The van der Waals surface area contributed by atoms with Gasteiger partial charge in [0.1, 0.15) is 5.82 Å². The van der Waals surface area contributed by atoms with Crippen molar-refractivity contribution in [3.8, 4) is 0 Å². The molecule has 2 aromatic carbocycles. The van der Waals surface area contributed by atoms with Crippen LogP contribution >= 0.6 is 11.3 Å². The van der Waals surface area contributed by atoms with Crippen molar-refractivity contribution in [1.82, 2.24) is 9.99 Å². The lowest BCUT2D eigenvalue weighted by Crippen LogP contribution is -2.24. The number of rotatable bonds is 7. The Balaban J connectivity index is 1.28. The molecule has 2 heterocycles. The predicted octanol–water partition coefficient (Wildman–Crippen LogP) is 4.54. The lowest BCUT2D eigenvalue weighted by molar-refractivity contribution is -0.132. The Morgan fingerprint density at radius 1 is 1.09 bits per heavy atom. The molecular formula is C24H23FN4O2S. The number of aromatic nitrogens is 1. The molecule has 164 valence electrons. The lowest BCUT2D eigenvalue weighted by Gasteiger charge is -2.10. The van der Waals surface area contributed by atoms with Crippen LogP contribution in [0.1, 0.15) is 41.0 Å². The number of halogens is 1. The van der Waals surface area contributed by atoms with Crippen LogP contribution < -0.4 is 5.32 Å². The summed E-state index contributed by atoms with van der Waals surface area (Å²) in [5, 5.41) is 9.15. The number of anilines is 1. The van der Waals surface area contributed by atoms with E-state index in [9.17, 15) is 14.0 Å². The maximum atomic E-state index is 13.1. The summed E-state index contributed by atoms with van der Waals surface area (Å²) < 4.78 is 13.1. The largest absolute Gasteiger partial charge is 0.302 e. The van der Waals surface area contributed by atoms with E-state index in [1.54, 1.807) is 12.1 Å². The third-order valence-corrected chi connectivity index (χ3v) is 6.25. The van der Waals surface area contributed by atoms with Gasteiger partial charge in [-0.15, -0.1) is 11.3 Å². The zero-order valence-corrected chi connectivity index (χ0v) is 18.5. The summed E-state index contributed by atoms with van der Waals surface area (Å²) in [7, 11) is 0. The highest BCUT2D eigenvalue weighted by atomic mass is 32.1. The monoisotopic (exact) mass is 450 g/mol. The van der Waals surface area contributed by atoms with Gasteiger partial charge < -0.3 is 5.32 Å². The van der Waals surface area contributed by atoms with Gasteiger partial charge in [0, 0.05) is 30.6 Å². The number of aryl methyl sites for hydroxylation is 1. The lowest BCUT2D eigenvalue weighted by atomic mass is 10.1. The van der Waals surface area contributed by atoms with E-state index in [2.05, 4.69) is 15.4 Å². The standard InChI is InChI=1S/C24H23FN4O2S/c1-16-21(15-17-7-9-19(25)10-8-17)32-24(26-16)27-22(30)11-12-23(31)29-14-13-20(28-29)18-5-3-2-4-6-18/h2-10H,11-15H2,1H3,(H,26,27,30). The maximum Gasteiger partial charge on any atom is 0.243 e. The fraction of sp³-hybridized carbons (Fsp3) is 0.250. The second-order valence-corrected chi connectivity index (χ2v) is 8.64. The number of hydrogen-bond donors (Lipinski definition) is 1. The molecule has 0 radical (unpaired) electrons. The summed E-state index contributed by atoms with van der Waals surface area (Å²) in [6, 6.07) is 16.1. The minimum atomic E-state index is -0.270. The number of hydrazone groups is 1. The van der Waals surface area contributed by atoms with Gasteiger partial charge in [-0.05, 0) is 30.2 Å². The van der Waals surface area contributed by atoms with E-state index < -0.39 is 0 Å². The number of benzene rings is 2. The third-order valence-electron chi connectivity index (χ3n) is 5.18. The summed E-state index contributed by atoms with van der Waals surface area (Å²) in [4.78, 5) is 30.2. The SMILES string of the molecule is Cc1nc(NC(=O)CCC(=O)N2CCC(c3ccccc3)=N2)sc1Cc1ccc(F)cc1. The summed E-state index contributed by atoms with van der Waals surface area (Å²) in [6.45, 7) is 2.41. The smallest absolute Gasteiger partial charge is 0.243 e. The molecule has 0 bridgehead atoms. The highest BCUT2D eigenvalue weighted by molar-refractivity contribution is 7.15. The Kier molecular flexibility index (Phi) is 6.70. The summed E-state index contributed by atoms with van der Waals surface area (Å²) in [5.41, 5.74) is 3.69. The molecule has 2 amide bonds. The fourth-order valence-corrected chi connectivity index (χ4v) is 4.45. The number of nitrogens with zero attached hydrogens (tertiary/aromatic N) is 3. The van der Waals surface area contributed by atoms with E-state index in [0.717, 1.165) is 27.4 Å². The van der Waals surface area contributed by atoms with Crippen LogP contribution in [0, 0.1) is 12.7 Å². The van der Waals surface area contributed by atoms with E-state index >= 15 is 0 Å². The number of nitrogens with one attached hydrogen (secondary N) is 1. The number of carbonyl (C=O) groups excluding carboxylic acids is 2. The molecule has 0 saturated heterocycles. The Bertz CT molecular complexity index is 1140. The van der Waals surface area contributed by atoms with Gasteiger partial charge in [-0.2, -0.15) is 5.10 Å². The van der Waals surface area contributed by atoms with Gasteiger partial charge in [0.05, 0.1) is 18.0 Å². The molecule has 32 heavy (non-hydrogen) atoms. The van der Waals surface area contributed by atoms with Gasteiger partial charge in [0.25, 0.3) is 0 Å². The second-order valence-electron chi connectivity index (χ2n) is 7.56. The first-order chi connectivity index (χ1) is 15.5. The minimum absolute atomic E-state index is 0.0669. The first-order valence-corrected chi connectivity index (χ1v) is 11.2. The first-order valence-electron chi connectivity index (χ1n) is 10.4. The van der Waals surface area contributed by atoms with Crippen LogP contribution in [0.15, 0.2) is 59.7 Å². The molecule has 6 nitrogen and oxygen atoms in total. The zero-order valence-electron chi connectivity index (χ0n) is 17.7. The molecule has 0 unspecified atom stereocenters. The number of thiazole rings is 1. The van der Waals surface area contributed by atoms with E-state index in [1.165, 1.54) is 28.5 Å². The maximum absolute atomic E-state index is 13.1. The Morgan fingerprint density at radius 3 is 2.59 bits per heavy atom. The number of hydrogen-bond acceptors (Lipinski definition) is 5. The average molecular weight is 451 g/mol. The van der Waals surface area contributed by atoms with Gasteiger partial charge in [-0.1, -0.05) is 42.5 Å². The molecule has 0 fully saturated rings. The molecule has 1 aliphatic rings. The van der Waals surface area contributed by atoms with Crippen molar-refractivity contribution in [2.75, 3.05) is 11.9 Å². The number of carbonyl (C=O) groups is 2. The predicted molar refractivity (Wildman–Crippen MR) is 123 cm³/mol. The van der Waals surface area contributed by atoms with Crippen LogP contribution in [-0.2, 0) is 16.0 Å². The normalized spacial score (nSPS) is 13.2. The highest BCUT2D eigenvalue weighted by Crippen LogP contribution is 2.25. The van der Waals surface area contributed by atoms with E-state index in [4.69, 9.17) is 0 Å².